The van der Waals surface area contributed by atoms with Crippen LogP contribution in [0.3, 0.4) is 0 Å². The Hall–Kier alpha value is -0.820. The molecule has 2 rings (SSSR count). The highest BCUT2D eigenvalue weighted by Gasteiger charge is 2.19. The highest BCUT2D eigenvalue weighted by Crippen LogP contribution is 2.22. The summed E-state index contributed by atoms with van der Waals surface area (Å²) in [6.45, 7) is 8.99. The lowest BCUT2D eigenvalue weighted by Gasteiger charge is -2.29. The molecule has 1 aliphatic rings. The van der Waals surface area contributed by atoms with Gasteiger partial charge in [-0.15, -0.1) is 0 Å². The molecule has 1 heteroatoms. The quantitative estimate of drug-likeness (QED) is 0.818. The third-order valence-electron chi connectivity index (χ3n) is 4.00. The summed E-state index contributed by atoms with van der Waals surface area (Å²) < 4.78 is 0. The second kappa shape index (κ2) is 5.22. The lowest BCUT2D eigenvalue weighted by molar-refractivity contribution is 0.333. The molecule has 1 saturated heterocycles. The molecule has 0 aromatic heterocycles. The average Bonchev–Trinajstić information content (AvgIpc) is 2.23. The third-order valence-corrected chi connectivity index (χ3v) is 4.00. The Morgan fingerprint density at radius 2 is 1.76 bits per heavy atom. The number of aryl methyl sites for hydroxylation is 3. The van der Waals surface area contributed by atoms with Gasteiger partial charge >= 0.3 is 0 Å². The van der Waals surface area contributed by atoms with Crippen LogP contribution in [0.15, 0.2) is 12.1 Å². The van der Waals surface area contributed by atoms with Crippen molar-refractivity contribution in [2.45, 2.75) is 65.5 Å². The Morgan fingerprint density at radius 3 is 2.35 bits per heavy atom. The normalized spacial score (nSPS) is 24.9. The largest absolute Gasteiger partial charge is 0.311 e. The lowest BCUT2D eigenvalue weighted by atomic mass is 9.90. The average molecular weight is 231 g/mol. The van der Waals surface area contributed by atoms with Crippen molar-refractivity contribution in [1.29, 1.82) is 0 Å². The Balaban J connectivity index is 2.12. The Morgan fingerprint density at radius 1 is 1.12 bits per heavy atom. The molecule has 0 aliphatic carbocycles. The van der Waals surface area contributed by atoms with Gasteiger partial charge in [-0.2, -0.15) is 0 Å². The molecule has 0 bridgehead atoms. The highest BCUT2D eigenvalue weighted by atomic mass is 15.0. The van der Waals surface area contributed by atoms with Crippen LogP contribution in [-0.2, 0) is 6.42 Å². The van der Waals surface area contributed by atoms with E-state index in [1.165, 1.54) is 42.4 Å². The summed E-state index contributed by atoms with van der Waals surface area (Å²) in [5.74, 6) is 0. The fourth-order valence-corrected chi connectivity index (χ4v) is 3.18. The maximum absolute atomic E-state index is 3.73. The zero-order valence-electron chi connectivity index (χ0n) is 11.6. The van der Waals surface area contributed by atoms with Gasteiger partial charge in [-0.1, -0.05) is 24.1 Å². The van der Waals surface area contributed by atoms with E-state index >= 15 is 0 Å². The molecule has 1 nitrogen and oxygen atoms in total. The fourth-order valence-electron chi connectivity index (χ4n) is 3.18. The SMILES string of the molecule is Cc1cc(C)c(CC2CCCC(C)N2)c(C)c1. The molecule has 1 aliphatic heterocycles. The molecule has 0 radical (unpaired) electrons. The zero-order valence-corrected chi connectivity index (χ0v) is 11.6. The van der Waals surface area contributed by atoms with Crippen LogP contribution < -0.4 is 5.32 Å². The smallest absolute Gasteiger partial charge is 0.0110 e. The predicted molar refractivity (Wildman–Crippen MR) is 74.6 cm³/mol. The molecule has 94 valence electrons. The molecule has 2 unspecified atom stereocenters. The molecule has 1 fully saturated rings. The summed E-state index contributed by atoms with van der Waals surface area (Å²) in [6.07, 6.45) is 5.24. The molecular weight excluding hydrogens is 206 g/mol. The standard InChI is InChI=1S/C16H25N/c1-11-8-12(2)16(13(3)9-11)10-15-7-5-6-14(4)17-15/h8-9,14-15,17H,5-7,10H2,1-4H3. The minimum absolute atomic E-state index is 0.679. The van der Waals surface area contributed by atoms with E-state index in [4.69, 9.17) is 0 Å². The van der Waals surface area contributed by atoms with Crippen LogP contribution in [0.4, 0.5) is 0 Å². The van der Waals surface area contributed by atoms with Crippen LogP contribution in [0.5, 0.6) is 0 Å². The topological polar surface area (TPSA) is 12.0 Å². The number of rotatable bonds is 2. The minimum Gasteiger partial charge on any atom is -0.311 e. The van der Waals surface area contributed by atoms with Crippen LogP contribution in [0, 0.1) is 20.8 Å². The molecule has 1 aromatic rings. The van der Waals surface area contributed by atoms with Gasteiger partial charge in [0.2, 0.25) is 0 Å². The van der Waals surface area contributed by atoms with E-state index in [1.54, 1.807) is 5.56 Å². The van der Waals surface area contributed by atoms with Crippen LogP contribution in [0.1, 0.15) is 48.4 Å². The summed E-state index contributed by atoms with van der Waals surface area (Å²) in [5.41, 5.74) is 5.86. The zero-order chi connectivity index (χ0) is 12.4. The molecular formula is C16H25N. The van der Waals surface area contributed by atoms with Crippen molar-refractivity contribution in [3.63, 3.8) is 0 Å². The second-order valence-corrected chi connectivity index (χ2v) is 5.78. The van der Waals surface area contributed by atoms with Crippen LogP contribution >= 0.6 is 0 Å². The van der Waals surface area contributed by atoms with E-state index in [1.807, 2.05) is 0 Å². The molecule has 0 saturated carbocycles. The van der Waals surface area contributed by atoms with Gasteiger partial charge in [-0.3, -0.25) is 0 Å². The fraction of sp³-hybridized carbons (Fsp3) is 0.625. The monoisotopic (exact) mass is 231 g/mol. The number of hydrogen-bond donors (Lipinski definition) is 1. The van der Waals surface area contributed by atoms with Crippen molar-refractivity contribution in [1.82, 2.24) is 5.32 Å². The molecule has 0 amide bonds. The van der Waals surface area contributed by atoms with E-state index in [-0.39, 0.29) is 0 Å². The number of nitrogens with one attached hydrogen (secondary N) is 1. The van der Waals surface area contributed by atoms with E-state index in [0.29, 0.717) is 12.1 Å². The van der Waals surface area contributed by atoms with Crippen molar-refractivity contribution < 1.29 is 0 Å². The van der Waals surface area contributed by atoms with Crippen LogP contribution in [-0.4, -0.2) is 12.1 Å². The number of piperidine rings is 1. The van der Waals surface area contributed by atoms with Crippen molar-refractivity contribution >= 4 is 0 Å². The first-order chi connectivity index (χ1) is 8.06. The van der Waals surface area contributed by atoms with Crippen LogP contribution in [0.2, 0.25) is 0 Å². The maximum atomic E-state index is 3.73. The first kappa shape index (κ1) is 12.6. The van der Waals surface area contributed by atoms with Gasteiger partial charge in [0, 0.05) is 12.1 Å². The van der Waals surface area contributed by atoms with Gasteiger partial charge < -0.3 is 5.32 Å². The van der Waals surface area contributed by atoms with Gasteiger partial charge in [0.25, 0.3) is 0 Å². The van der Waals surface area contributed by atoms with E-state index in [9.17, 15) is 0 Å². The molecule has 1 heterocycles. The van der Waals surface area contributed by atoms with E-state index in [2.05, 4.69) is 45.1 Å². The Kier molecular flexibility index (Phi) is 3.88. The molecule has 1 N–H and O–H groups in total. The second-order valence-electron chi connectivity index (χ2n) is 5.78. The minimum atomic E-state index is 0.679. The summed E-state index contributed by atoms with van der Waals surface area (Å²) in [5, 5.41) is 3.73. The van der Waals surface area contributed by atoms with Crippen molar-refractivity contribution in [3.8, 4) is 0 Å². The number of hydrogen-bond acceptors (Lipinski definition) is 1. The van der Waals surface area contributed by atoms with Gasteiger partial charge in [0.05, 0.1) is 0 Å². The van der Waals surface area contributed by atoms with E-state index < -0.39 is 0 Å². The van der Waals surface area contributed by atoms with Gasteiger partial charge in [-0.25, -0.2) is 0 Å². The van der Waals surface area contributed by atoms with Crippen molar-refractivity contribution in [2.24, 2.45) is 0 Å². The van der Waals surface area contributed by atoms with E-state index in [0.717, 1.165) is 0 Å². The summed E-state index contributed by atoms with van der Waals surface area (Å²) in [6, 6.07) is 6.00. The van der Waals surface area contributed by atoms with Gasteiger partial charge in [0.1, 0.15) is 0 Å². The summed E-state index contributed by atoms with van der Waals surface area (Å²) in [7, 11) is 0. The third kappa shape index (κ3) is 3.10. The molecule has 2 atom stereocenters. The first-order valence-electron chi connectivity index (χ1n) is 6.89. The maximum Gasteiger partial charge on any atom is 0.0110 e. The molecule has 0 spiro atoms. The Bertz CT molecular complexity index is 372. The summed E-state index contributed by atoms with van der Waals surface area (Å²) in [4.78, 5) is 0. The molecule has 1 aromatic carbocycles. The summed E-state index contributed by atoms with van der Waals surface area (Å²) >= 11 is 0. The number of benzene rings is 1. The highest BCUT2D eigenvalue weighted by molar-refractivity contribution is 5.38. The lowest BCUT2D eigenvalue weighted by Crippen LogP contribution is -2.41. The molecule has 17 heavy (non-hydrogen) atoms. The first-order valence-corrected chi connectivity index (χ1v) is 6.89. The van der Waals surface area contributed by atoms with Gasteiger partial charge in [-0.05, 0) is 63.6 Å². The van der Waals surface area contributed by atoms with Gasteiger partial charge in [0.15, 0.2) is 0 Å². The van der Waals surface area contributed by atoms with Crippen LogP contribution in [0.25, 0.3) is 0 Å². The Labute approximate surface area is 106 Å². The predicted octanol–water partition coefficient (Wildman–Crippen LogP) is 3.68. The van der Waals surface area contributed by atoms with Crippen molar-refractivity contribution in [2.75, 3.05) is 0 Å². The van der Waals surface area contributed by atoms with Crippen molar-refractivity contribution in [3.05, 3.63) is 34.4 Å².